The third-order valence-electron chi connectivity index (χ3n) is 2.80. The Morgan fingerprint density at radius 2 is 2.40 bits per heavy atom. The van der Waals surface area contributed by atoms with E-state index in [0.29, 0.717) is 5.92 Å². The van der Waals surface area contributed by atoms with Gasteiger partial charge in [0.1, 0.15) is 0 Å². The van der Waals surface area contributed by atoms with Crippen molar-refractivity contribution in [3.05, 3.63) is 41.8 Å². The number of allylic oxidation sites excluding steroid dienone is 4. The minimum Gasteiger partial charge on any atom is -0.384 e. The zero-order valence-electron chi connectivity index (χ0n) is 9.84. The molecular weight excluding hydrogens is 182 g/mol. The van der Waals surface area contributed by atoms with E-state index in [-0.39, 0.29) is 0 Å². The Kier molecular flexibility index (Phi) is 5.00. The second-order valence-electron chi connectivity index (χ2n) is 4.04. The van der Waals surface area contributed by atoms with Crippen molar-refractivity contribution >= 4 is 0 Å². The van der Waals surface area contributed by atoms with Crippen molar-refractivity contribution in [1.29, 1.82) is 0 Å². The highest BCUT2D eigenvalue weighted by Gasteiger charge is 2.08. The van der Waals surface area contributed by atoms with Gasteiger partial charge >= 0.3 is 0 Å². The molecule has 1 fully saturated rings. The third-order valence-corrected chi connectivity index (χ3v) is 2.80. The van der Waals surface area contributed by atoms with Gasteiger partial charge in [0, 0.05) is 17.8 Å². The molecule has 1 saturated heterocycles. The first-order valence-corrected chi connectivity index (χ1v) is 5.79. The molecule has 1 N–H and O–H groups in total. The molecule has 0 aromatic heterocycles. The van der Waals surface area contributed by atoms with Gasteiger partial charge in [-0.1, -0.05) is 39.0 Å². The van der Waals surface area contributed by atoms with Crippen molar-refractivity contribution in [2.24, 2.45) is 5.92 Å². The molecule has 0 aromatic rings. The average Bonchev–Trinajstić information content (AvgIpc) is 2.29. The van der Waals surface area contributed by atoms with Crippen molar-refractivity contribution in [2.75, 3.05) is 6.54 Å². The minimum absolute atomic E-state index is 0.654. The zero-order chi connectivity index (χ0) is 11.1. The van der Waals surface area contributed by atoms with Gasteiger partial charge in [0.05, 0.1) is 0 Å². The molecule has 1 aliphatic heterocycles. The van der Waals surface area contributed by atoms with Crippen LogP contribution in [0.15, 0.2) is 41.8 Å². The second kappa shape index (κ2) is 6.31. The molecule has 0 spiro atoms. The summed E-state index contributed by atoms with van der Waals surface area (Å²) in [6.45, 7) is 9.22. The van der Waals surface area contributed by atoms with Gasteiger partial charge in [-0.3, -0.25) is 0 Å². The third kappa shape index (κ3) is 3.81. The van der Waals surface area contributed by atoms with Gasteiger partial charge in [0.15, 0.2) is 0 Å². The van der Waals surface area contributed by atoms with Gasteiger partial charge in [-0.2, -0.15) is 0 Å². The van der Waals surface area contributed by atoms with Crippen molar-refractivity contribution in [1.82, 2.24) is 5.32 Å². The number of piperidine rings is 1. The number of hydrogen-bond acceptors (Lipinski definition) is 1. The molecular formula is C14H21N. The molecule has 0 aromatic carbocycles. The first kappa shape index (κ1) is 11.9. The molecule has 1 heteroatoms. The van der Waals surface area contributed by atoms with E-state index in [1.807, 2.05) is 0 Å². The molecule has 82 valence electrons. The second-order valence-corrected chi connectivity index (χ2v) is 4.04. The molecule has 1 nitrogen and oxygen atoms in total. The lowest BCUT2D eigenvalue weighted by Gasteiger charge is -2.18. The average molecular weight is 203 g/mol. The maximum absolute atomic E-state index is 3.73. The maximum atomic E-state index is 3.73. The van der Waals surface area contributed by atoms with E-state index in [0.717, 1.165) is 13.0 Å². The zero-order valence-corrected chi connectivity index (χ0v) is 9.84. The summed E-state index contributed by atoms with van der Waals surface area (Å²) in [6, 6.07) is 0. The molecule has 1 heterocycles. The van der Waals surface area contributed by atoms with Crippen LogP contribution in [0.4, 0.5) is 0 Å². The summed E-state index contributed by atoms with van der Waals surface area (Å²) in [7, 11) is 0. The first-order chi connectivity index (χ1) is 7.27. The Morgan fingerprint density at radius 1 is 1.60 bits per heavy atom. The van der Waals surface area contributed by atoms with Crippen LogP contribution in [0.3, 0.4) is 0 Å². The van der Waals surface area contributed by atoms with Crippen LogP contribution in [0.25, 0.3) is 0 Å². The highest BCUT2D eigenvalue weighted by atomic mass is 14.9. The van der Waals surface area contributed by atoms with Gasteiger partial charge in [-0.15, -0.1) is 5.73 Å². The van der Waals surface area contributed by atoms with E-state index in [4.69, 9.17) is 0 Å². The standard InChI is InChI=1S/C14H21N/c1-4-12(3)8-6-10-14-13(5-2)9-7-11-15-14/h6,8,10,12,15H,2,4,7,9,11H2,1,3H3/b8-6-,14-10+. The van der Waals surface area contributed by atoms with Gasteiger partial charge in [0.25, 0.3) is 0 Å². The Bertz CT molecular complexity index is 303. The Balaban J connectivity index is 2.64. The summed E-state index contributed by atoms with van der Waals surface area (Å²) in [5, 5.41) is 3.38. The quantitative estimate of drug-likeness (QED) is 0.691. The lowest BCUT2D eigenvalue weighted by molar-refractivity contribution is 0.669. The highest BCUT2D eigenvalue weighted by Crippen LogP contribution is 2.17. The van der Waals surface area contributed by atoms with E-state index in [1.165, 1.54) is 24.1 Å². The van der Waals surface area contributed by atoms with Crippen molar-refractivity contribution in [2.45, 2.75) is 33.1 Å². The Hall–Kier alpha value is -1.20. The van der Waals surface area contributed by atoms with Crippen LogP contribution in [0, 0.1) is 5.92 Å². The normalized spacial score (nSPS) is 21.5. The van der Waals surface area contributed by atoms with Crippen molar-refractivity contribution in [3.8, 4) is 0 Å². The molecule has 1 atom stereocenters. The predicted molar refractivity (Wildman–Crippen MR) is 66.6 cm³/mol. The molecule has 0 aliphatic carbocycles. The maximum Gasteiger partial charge on any atom is 0.0450 e. The van der Waals surface area contributed by atoms with Crippen LogP contribution < -0.4 is 5.32 Å². The molecule has 1 rings (SSSR count). The molecule has 0 saturated carbocycles. The summed E-state index contributed by atoms with van der Waals surface area (Å²) >= 11 is 0. The van der Waals surface area contributed by atoms with Gasteiger partial charge in [0.2, 0.25) is 0 Å². The minimum atomic E-state index is 0.654. The Morgan fingerprint density at radius 3 is 3.07 bits per heavy atom. The fourth-order valence-electron chi connectivity index (χ4n) is 1.55. The summed E-state index contributed by atoms with van der Waals surface area (Å²) in [4.78, 5) is 0. The molecule has 0 radical (unpaired) electrons. The van der Waals surface area contributed by atoms with E-state index in [9.17, 15) is 0 Å². The van der Waals surface area contributed by atoms with E-state index < -0.39 is 0 Å². The molecule has 1 unspecified atom stereocenters. The number of hydrogen-bond donors (Lipinski definition) is 1. The van der Waals surface area contributed by atoms with Crippen molar-refractivity contribution < 1.29 is 0 Å². The lowest BCUT2D eigenvalue weighted by Crippen LogP contribution is -2.21. The molecule has 15 heavy (non-hydrogen) atoms. The largest absolute Gasteiger partial charge is 0.384 e. The monoisotopic (exact) mass is 203 g/mol. The van der Waals surface area contributed by atoms with Crippen LogP contribution >= 0.6 is 0 Å². The molecule has 1 aliphatic rings. The summed E-state index contributed by atoms with van der Waals surface area (Å²) in [5.41, 5.74) is 5.42. The van der Waals surface area contributed by atoms with Gasteiger partial charge in [-0.25, -0.2) is 0 Å². The fraction of sp³-hybridized carbons (Fsp3) is 0.500. The predicted octanol–water partition coefficient (Wildman–Crippen LogP) is 3.57. The van der Waals surface area contributed by atoms with Gasteiger partial charge in [-0.05, 0) is 24.8 Å². The van der Waals surface area contributed by atoms with Crippen LogP contribution in [0.5, 0.6) is 0 Å². The van der Waals surface area contributed by atoms with E-state index in [2.05, 4.69) is 49.7 Å². The van der Waals surface area contributed by atoms with Crippen LogP contribution in [0.2, 0.25) is 0 Å². The Labute approximate surface area is 93.3 Å². The van der Waals surface area contributed by atoms with Gasteiger partial charge < -0.3 is 5.32 Å². The van der Waals surface area contributed by atoms with Crippen LogP contribution in [-0.4, -0.2) is 6.54 Å². The lowest BCUT2D eigenvalue weighted by atomic mass is 10.0. The van der Waals surface area contributed by atoms with Crippen LogP contribution in [-0.2, 0) is 0 Å². The fourth-order valence-corrected chi connectivity index (χ4v) is 1.55. The number of nitrogens with one attached hydrogen (secondary N) is 1. The topological polar surface area (TPSA) is 12.0 Å². The summed E-state index contributed by atoms with van der Waals surface area (Å²) < 4.78 is 0. The summed E-state index contributed by atoms with van der Waals surface area (Å²) in [5.74, 6) is 0.654. The van der Waals surface area contributed by atoms with E-state index >= 15 is 0 Å². The highest BCUT2D eigenvalue weighted by molar-refractivity contribution is 5.33. The molecule has 0 amide bonds. The smallest absolute Gasteiger partial charge is 0.0450 e. The van der Waals surface area contributed by atoms with E-state index in [1.54, 1.807) is 0 Å². The van der Waals surface area contributed by atoms with Crippen molar-refractivity contribution in [3.63, 3.8) is 0 Å². The SMILES string of the molecule is C=C=C1CCCN/C1=C/C=C\C(C)CC. The number of rotatable bonds is 3. The summed E-state index contributed by atoms with van der Waals surface area (Å²) in [6.07, 6.45) is 9.99. The van der Waals surface area contributed by atoms with Crippen LogP contribution in [0.1, 0.15) is 33.1 Å². The first-order valence-electron chi connectivity index (χ1n) is 5.79. The molecule has 0 bridgehead atoms.